The van der Waals surface area contributed by atoms with E-state index in [1.54, 1.807) is 12.5 Å². The summed E-state index contributed by atoms with van der Waals surface area (Å²) in [6.45, 7) is 10.2. The molecule has 1 rings (SSSR count). The zero-order valence-electron chi connectivity index (χ0n) is 9.57. The first-order valence-electron chi connectivity index (χ1n) is 5.12. The Balaban J connectivity index is 3.02. The highest BCUT2D eigenvalue weighted by Gasteiger charge is 2.18. The van der Waals surface area contributed by atoms with Gasteiger partial charge in [-0.05, 0) is 32.5 Å². The van der Waals surface area contributed by atoms with Gasteiger partial charge in [-0.2, -0.15) is 0 Å². The van der Waals surface area contributed by atoms with E-state index in [9.17, 15) is 5.11 Å². The molecule has 4 nitrogen and oxygen atoms in total. The van der Waals surface area contributed by atoms with E-state index >= 15 is 0 Å². The fourth-order valence-electron chi connectivity index (χ4n) is 1.51. The number of rotatable bonds is 3. The monoisotopic (exact) mass is 209 g/mol. The van der Waals surface area contributed by atoms with Gasteiger partial charge in [-0.15, -0.1) is 0 Å². The zero-order valence-corrected chi connectivity index (χ0v) is 9.57. The van der Waals surface area contributed by atoms with E-state index in [0.717, 1.165) is 11.4 Å². The minimum absolute atomic E-state index is 0.290. The average Bonchev–Trinajstić information content (AvgIpc) is 2.34. The minimum atomic E-state index is -0.521. The van der Waals surface area contributed by atoms with Gasteiger partial charge in [-0.3, -0.25) is 4.99 Å². The summed E-state index contributed by atoms with van der Waals surface area (Å²) < 4.78 is 0. The normalized spacial score (nSPS) is 21.3. The van der Waals surface area contributed by atoms with Crippen LogP contribution in [0.2, 0.25) is 0 Å². The lowest BCUT2D eigenvalue weighted by Crippen LogP contribution is -2.34. The predicted octanol–water partition coefficient (Wildman–Crippen LogP) is 1.06. The first kappa shape index (κ1) is 11.8. The number of nitrogens with one attached hydrogen (secondary N) is 1. The zero-order chi connectivity index (χ0) is 11.4. The molecule has 0 aromatic heterocycles. The van der Waals surface area contributed by atoms with Crippen LogP contribution in [0.25, 0.3) is 0 Å². The largest absolute Gasteiger partial charge is 0.387 e. The van der Waals surface area contributed by atoms with Crippen LogP contribution in [-0.2, 0) is 0 Å². The number of aliphatic imine (C=N–C) groups is 1. The van der Waals surface area contributed by atoms with Crippen molar-refractivity contribution in [2.75, 3.05) is 6.54 Å². The van der Waals surface area contributed by atoms with E-state index in [1.165, 1.54) is 0 Å². The van der Waals surface area contributed by atoms with Crippen molar-refractivity contribution in [3.63, 3.8) is 0 Å². The van der Waals surface area contributed by atoms with Crippen LogP contribution >= 0.6 is 0 Å². The van der Waals surface area contributed by atoms with Crippen LogP contribution in [0.3, 0.4) is 0 Å². The van der Waals surface area contributed by atoms with Crippen molar-refractivity contribution in [1.29, 1.82) is 0 Å². The third kappa shape index (κ3) is 2.59. The molecule has 0 aromatic rings. The Bertz CT molecular complexity index is 294. The Morgan fingerprint density at radius 1 is 1.73 bits per heavy atom. The van der Waals surface area contributed by atoms with Gasteiger partial charge in [-0.25, -0.2) is 0 Å². The van der Waals surface area contributed by atoms with Crippen molar-refractivity contribution < 1.29 is 5.11 Å². The molecule has 0 saturated carbocycles. The van der Waals surface area contributed by atoms with Gasteiger partial charge >= 0.3 is 0 Å². The second-order valence-corrected chi connectivity index (χ2v) is 3.87. The Morgan fingerprint density at radius 2 is 2.40 bits per heavy atom. The van der Waals surface area contributed by atoms with Gasteiger partial charge in [0.05, 0.1) is 19.0 Å². The van der Waals surface area contributed by atoms with E-state index in [0.29, 0.717) is 12.6 Å². The van der Waals surface area contributed by atoms with Gasteiger partial charge in [-0.1, -0.05) is 6.58 Å². The standard InChI is InChI=1S/C11H19N3O/c1-5-14(8(2)3)11-9(4)10(15)6-12-7-13-11/h5,7-8,10,15H,1,6H2,2-4H3,(H,12,13)/t10-/m1/s1. The van der Waals surface area contributed by atoms with Crippen molar-refractivity contribution in [2.24, 2.45) is 4.99 Å². The lowest BCUT2D eigenvalue weighted by atomic mass is 10.1. The van der Waals surface area contributed by atoms with E-state index in [4.69, 9.17) is 0 Å². The number of aliphatic hydroxyl groups excluding tert-OH is 1. The summed E-state index contributed by atoms with van der Waals surface area (Å²) >= 11 is 0. The van der Waals surface area contributed by atoms with Crippen LogP contribution in [0.4, 0.5) is 0 Å². The summed E-state index contributed by atoms with van der Waals surface area (Å²) in [5, 5.41) is 12.9. The molecule has 0 aliphatic carbocycles. The van der Waals surface area contributed by atoms with Crippen molar-refractivity contribution in [2.45, 2.75) is 32.9 Å². The highest BCUT2D eigenvalue weighted by Crippen LogP contribution is 2.16. The topological polar surface area (TPSA) is 47.9 Å². The molecule has 1 aliphatic rings. The molecule has 1 heterocycles. The molecule has 15 heavy (non-hydrogen) atoms. The SMILES string of the molecule is C=CN(C1=C(C)[C@H](O)CN=CN1)C(C)C. The number of nitrogens with zero attached hydrogens (tertiary/aromatic N) is 2. The number of hydrogen-bond donors (Lipinski definition) is 2. The fourth-order valence-corrected chi connectivity index (χ4v) is 1.51. The Hall–Kier alpha value is -1.29. The van der Waals surface area contributed by atoms with Gasteiger partial charge in [0.15, 0.2) is 0 Å². The maximum atomic E-state index is 9.78. The second kappa shape index (κ2) is 4.98. The molecule has 0 aromatic carbocycles. The molecule has 0 fully saturated rings. The Kier molecular flexibility index (Phi) is 3.91. The molecule has 0 amide bonds. The second-order valence-electron chi connectivity index (χ2n) is 3.87. The quantitative estimate of drug-likeness (QED) is 0.731. The minimum Gasteiger partial charge on any atom is -0.387 e. The number of aliphatic hydroxyl groups is 1. The molecular weight excluding hydrogens is 190 g/mol. The molecule has 0 bridgehead atoms. The Morgan fingerprint density at radius 3 is 2.93 bits per heavy atom. The van der Waals surface area contributed by atoms with E-state index < -0.39 is 6.10 Å². The van der Waals surface area contributed by atoms with Crippen LogP contribution in [0.5, 0.6) is 0 Å². The van der Waals surface area contributed by atoms with Crippen molar-refractivity contribution in [3.8, 4) is 0 Å². The molecule has 0 radical (unpaired) electrons. The first-order chi connectivity index (χ1) is 7.07. The first-order valence-corrected chi connectivity index (χ1v) is 5.12. The third-order valence-electron chi connectivity index (χ3n) is 2.46. The van der Waals surface area contributed by atoms with Crippen molar-refractivity contribution in [1.82, 2.24) is 10.2 Å². The van der Waals surface area contributed by atoms with Crippen molar-refractivity contribution >= 4 is 6.34 Å². The van der Waals surface area contributed by atoms with E-state index in [2.05, 4.69) is 30.7 Å². The van der Waals surface area contributed by atoms with Gasteiger partial charge < -0.3 is 15.3 Å². The summed E-state index contributed by atoms with van der Waals surface area (Å²) in [5.41, 5.74) is 0.890. The molecule has 4 heteroatoms. The fraction of sp³-hybridized carbons (Fsp3) is 0.545. The van der Waals surface area contributed by atoms with Crippen LogP contribution in [-0.4, -0.2) is 35.0 Å². The van der Waals surface area contributed by atoms with Gasteiger partial charge in [0.2, 0.25) is 0 Å². The molecule has 0 spiro atoms. The number of hydrogen-bond acceptors (Lipinski definition) is 4. The van der Waals surface area contributed by atoms with Gasteiger partial charge in [0.25, 0.3) is 0 Å². The smallest absolute Gasteiger partial charge is 0.112 e. The molecule has 1 aliphatic heterocycles. The summed E-state index contributed by atoms with van der Waals surface area (Å²) in [4.78, 5) is 6.02. The maximum absolute atomic E-state index is 9.78. The highest BCUT2D eigenvalue weighted by atomic mass is 16.3. The summed E-state index contributed by atoms with van der Waals surface area (Å²) in [6.07, 6.45) is 2.85. The highest BCUT2D eigenvalue weighted by molar-refractivity contribution is 5.58. The Labute approximate surface area is 91.0 Å². The van der Waals surface area contributed by atoms with Crippen LogP contribution < -0.4 is 5.32 Å². The van der Waals surface area contributed by atoms with Gasteiger partial charge in [0.1, 0.15) is 5.82 Å². The summed E-state index contributed by atoms with van der Waals surface area (Å²) in [6, 6.07) is 0.290. The molecule has 1 atom stereocenters. The van der Waals surface area contributed by atoms with Crippen molar-refractivity contribution in [3.05, 3.63) is 24.2 Å². The summed E-state index contributed by atoms with van der Waals surface area (Å²) in [7, 11) is 0. The predicted molar refractivity (Wildman–Crippen MR) is 62.4 cm³/mol. The molecule has 0 unspecified atom stereocenters. The van der Waals surface area contributed by atoms with Crippen LogP contribution in [0, 0.1) is 0 Å². The lowest BCUT2D eigenvalue weighted by Gasteiger charge is -2.28. The molecule has 0 saturated heterocycles. The third-order valence-corrected chi connectivity index (χ3v) is 2.46. The summed E-state index contributed by atoms with van der Waals surface area (Å²) in [5.74, 6) is 0.869. The maximum Gasteiger partial charge on any atom is 0.112 e. The molecule has 84 valence electrons. The lowest BCUT2D eigenvalue weighted by molar-refractivity contribution is 0.214. The average molecular weight is 209 g/mol. The van der Waals surface area contributed by atoms with Crippen LogP contribution in [0.15, 0.2) is 29.2 Å². The molecular formula is C11H19N3O. The van der Waals surface area contributed by atoms with Gasteiger partial charge in [0, 0.05) is 6.04 Å². The molecule has 2 N–H and O–H groups in total. The van der Waals surface area contributed by atoms with E-state index in [1.807, 2.05) is 11.8 Å². The van der Waals surface area contributed by atoms with E-state index in [-0.39, 0.29) is 0 Å². The van der Waals surface area contributed by atoms with Crippen LogP contribution in [0.1, 0.15) is 20.8 Å².